The number of rotatable bonds is 4. The zero-order valence-electron chi connectivity index (χ0n) is 13.4. The maximum atomic E-state index is 12.1. The van der Waals surface area contributed by atoms with Crippen molar-refractivity contribution in [3.63, 3.8) is 0 Å². The van der Waals surface area contributed by atoms with Gasteiger partial charge in [0.25, 0.3) is 5.91 Å². The van der Waals surface area contributed by atoms with Crippen LogP contribution in [-0.4, -0.2) is 35.5 Å². The second-order valence-corrected chi connectivity index (χ2v) is 6.07. The fourth-order valence-electron chi connectivity index (χ4n) is 3.00. The molecule has 0 spiro atoms. The van der Waals surface area contributed by atoms with Crippen LogP contribution in [0.5, 0.6) is 5.75 Å². The quantitative estimate of drug-likeness (QED) is 0.912. The molecule has 1 aliphatic heterocycles. The Labute approximate surface area is 136 Å². The average Bonchev–Trinajstić information content (AvgIpc) is 2.54. The molecule has 1 aliphatic rings. The van der Waals surface area contributed by atoms with Gasteiger partial charge < -0.3 is 10.4 Å². The van der Waals surface area contributed by atoms with Crippen LogP contribution in [0.2, 0.25) is 0 Å². The van der Waals surface area contributed by atoms with Crippen molar-refractivity contribution in [2.75, 3.05) is 19.6 Å². The molecule has 0 aromatic heterocycles. The van der Waals surface area contributed by atoms with Gasteiger partial charge >= 0.3 is 0 Å². The maximum Gasteiger partial charge on any atom is 0.255 e. The summed E-state index contributed by atoms with van der Waals surface area (Å²) in [7, 11) is 0. The Morgan fingerprint density at radius 2 is 2.00 bits per heavy atom. The third-order valence-corrected chi connectivity index (χ3v) is 4.32. The van der Waals surface area contributed by atoms with E-state index in [1.807, 2.05) is 13.0 Å². The van der Waals surface area contributed by atoms with Crippen molar-refractivity contribution >= 4 is 5.91 Å². The van der Waals surface area contributed by atoms with E-state index in [1.165, 1.54) is 11.1 Å². The molecule has 3 rings (SSSR count). The van der Waals surface area contributed by atoms with Crippen molar-refractivity contribution < 1.29 is 9.90 Å². The summed E-state index contributed by atoms with van der Waals surface area (Å²) in [5.74, 6) is -0.186. The number of phenols is 1. The van der Waals surface area contributed by atoms with Gasteiger partial charge in [-0.25, -0.2) is 0 Å². The number of nitrogens with zero attached hydrogens (tertiary/aromatic N) is 1. The third-order valence-electron chi connectivity index (χ3n) is 4.32. The summed E-state index contributed by atoms with van der Waals surface area (Å²) in [6.45, 7) is 5.22. The molecule has 0 bridgehead atoms. The van der Waals surface area contributed by atoms with Crippen LogP contribution in [0.15, 0.2) is 42.5 Å². The molecular formula is C19H22N2O2. The Hall–Kier alpha value is -2.33. The maximum absolute atomic E-state index is 12.1. The van der Waals surface area contributed by atoms with Gasteiger partial charge in [0.1, 0.15) is 5.75 Å². The van der Waals surface area contributed by atoms with Gasteiger partial charge in [-0.1, -0.05) is 30.3 Å². The lowest BCUT2D eigenvalue weighted by molar-refractivity contribution is 0.0944. The topological polar surface area (TPSA) is 52.6 Å². The second-order valence-electron chi connectivity index (χ2n) is 6.07. The molecule has 0 aliphatic carbocycles. The van der Waals surface area contributed by atoms with E-state index in [0.717, 1.165) is 31.6 Å². The number of fused-ring (bicyclic) bond motifs is 1. The Kier molecular flexibility index (Phi) is 4.63. The van der Waals surface area contributed by atoms with Gasteiger partial charge in [-0.15, -0.1) is 0 Å². The smallest absolute Gasteiger partial charge is 0.255 e. The molecule has 0 fully saturated rings. The molecule has 23 heavy (non-hydrogen) atoms. The first-order valence-corrected chi connectivity index (χ1v) is 8.00. The minimum absolute atomic E-state index is 0.0365. The monoisotopic (exact) mass is 310 g/mol. The van der Waals surface area contributed by atoms with Crippen LogP contribution >= 0.6 is 0 Å². The van der Waals surface area contributed by atoms with Gasteiger partial charge in [-0.2, -0.15) is 0 Å². The van der Waals surface area contributed by atoms with Crippen LogP contribution in [0.4, 0.5) is 0 Å². The van der Waals surface area contributed by atoms with Gasteiger partial charge in [0.15, 0.2) is 0 Å². The van der Waals surface area contributed by atoms with Crippen LogP contribution in [0.25, 0.3) is 0 Å². The molecule has 0 radical (unpaired) electrons. The van der Waals surface area contributed by atoms with Crippen molar-refractivity contribution in [3.05, 3.63) is 64.7 Å². The highest BCUT2D eigenvalue weighted by Crippen LogP contribution is 2.19. The lowest BCUT2D eigenvalue weighted by Crippen LogP contribution is -2.37. The largest absolute Gasteiger partial charge is 0.507 e. The third kappa shape index (κ3) is 3.71. The van der Waals surface area contributed by atoms with Crippen molar-refractivity contribution in [2.24, 2.45) is 0 Å². The van der Waals surface area contributed by atoms with Gasteiger partial charge in [0, 0.05) is 26.2 Å². The lowest BCUT2D eigenvalue weighted by atomic mass is 10.00. The van der Waals surface area contributed by atoms with E-state index in [0.29, 0.717) is 12.1 Å². The number of amides is 1. The molecule has 4 heteroatoms. The number of benzene rings is 2. The molecule has 0 unspecified atom stereocenters. The SMILES string of the molecule is Cc1ccc(C(=O)NCCN2CCc3ccccc3C2)c(O)c1. The molecule has 2 aromatic carbocycles. The molecular weight excluding hydrogens is 288 g/mol. The first kappa shape index (κ1) is 15.6. The summed E-state index contributed by atoms with van der Waals surface area (Å²) >= 11 is 0. The Bertz CT molecular complexity index is 712. The molecule has 0 atom stereocenters. The number of hydrogen-bond donors (Lipinski definition) is 2. The predicted octanol–water partition coefficient (Wildman–Crippen LogP) is 2.49. The number of aryl methyl sites for hydroxylation is 1. The number of hydrogen-bond acceptors (Lipinski definition) is 3. The predicted molar refractivity (Wildman–Crippen MR) is 90.6 cm³/mol. The van der Waals surface area contributed by atoms with E-state index < -0.39 is 0 Å². The summed E-state index contributed by atoms with van der Waals surface area (Å²) in [6.07, 6.45) is 1.06. The highest BCUT2D eigenvalue weighted by Gasteiger charge is 2.16. The fraction of sp³-hybridized carbons (Fsp3) is 0.316. The minimum atomic E-state index is -0.222. The van der Waals surface area contributed by atoms with Crippen molar-refractivity contribution in [3.8, 4) is 5.75 Å². The molecule has 1 heterocycles. The Balaban J connectivity index is 1.51. The lowest BCUT2D eigenvalue weighted by Gasteiger charge is -2.28. The Morgan fingerprint density at radius 3 is 2.78 bits per heavy atom. The summed E-state index contributed by atoms with van der Waals surface area (Å²) in [4.78, 5) is 14.5. The van der Waals surface area contributed by atoms with Crippen molar-refractivity contribution in [1.82, 2.24) is 10.2 Å². The fourth-order valence-corrected chi connectivity index (χ4v) is 3.00. The zero-order chi connectivity index (χ0) is 16.2. The van der Waals surface area contributed by atoms with Gasteiger partial charge in [-0.05, 0) is 42.2 Å². The van der Waals surface area contributed by atoms with Crippen LogP contribution in [0, 0.1) is 6.92 Å². The normalized spacial score (nSPS) is 14.3. The molecule has 2 N–H and O–H groups in total. The number of phenolic OH excluding ortho intramolecular Hbond substituents is 1. The molecule has 0 saturated carbocycles. The molecule has 0 saturated heterocycles. The summed E-state index contributed by atoms with van der Waals surface area (Å²) in [5, 5.41) is 12.7. The first-order valence-electron chi connectivity index (χ1n) is 8.00. The van der Waals surface area contributed by atoms with Gasteiger partial charge in [0.05, 0.1) is 5.56 Å². The van der Waals surface area contributed by atoms with Crippen LogP contribution in [0.1, 0.15) is 27.0 Å². The number of carbonyl (C=O) groups is 1. The van der Waals surface area contributed by atoms with E-state index in [2.05, 4.69) is 34.5 Å². The van der Waals surface area contributed by atoms with Crippen LogP contribution in [0.3, 0.4) is 0 Å². The average molecular weight is 310 g/mol. The van der Waals surface area contributed by atoms with E-state index in [4.69, 9.17) is 0 Å². The van der Waals surface area contributed by atoms with Crippen molar-refractivity contribution in [1.29, 1.82) is 0 Å². The minimum Gasteiger partial charge on any atom is -0.507 e. The molecule has 2 aromatic rings. The number of nitrogens with one attached hydrogen (secondary N) is 1. The molecule has 4 nitrogen and oxygen atoms in total. The Morgan fingerprint density at radius 1 is 1.22 bits per heavy atom. The van der Waals surface area contributed by atoms with E-state index in [-0.39, 0.29) is 11.7 Å². The number of carbonyl (C=O) groups excluding carboxylic acids is 1. The summed E-state index contributed by atoms with van der Waals surface area (Å²) in [5.41, 5.74) is 4.07. The zero-order valence-corrected chi connectivity index (χ0v) is 13.4. The van der Waals surface area contributed by atoms with Crippen LogP contribution < -0.4 is 5.32 Å². The van der Waals surface area contributed by atoms with E-state index >= 15 is 0 Å². The summed E-state index contributed by atoms with van der Waals surface area (Å²) in [6, 6.07) is 13.6. The van der Waals surface area contributed by atoms with E-state index in [1.54, 1.807) is 12.1 Å². The molecule has 120 valence electrons. The van der Waals surface area contributed by atoms with Crippen molar-refractivity contribution in [2.45, 2.75) is 19.9 Å². The highest BCUT2D eigenvalue weighted by atomic mass is 16.3. The standard InChI is InChI=1S/C19H22N2O2/c1-14-6-7-17(18(22)12-14)19(23)20-9-11-21-10-8-15-4-2-3-5-16(15)13-21/h2-7,12,22H,8-11,13H2,1H3,(H,20,23). The highest BCUT2D eigenvalue weighted by molar-refractivity contribution is 5.96. The van der Waals surface area contributed by atoms with Gasteiger partial charge in [0.2, 0.25) is 0 Å². The van der Waals surface area contributed by atoms with E-state index in [9.17, 15) is 9.90 Å². The van der Waals surface area contributed by atoms with Gasteiger partial charge in [-0.3, -0.25) is 9.69 Å². The second kappa shape index (κ2) is 6.84. The molecule has 1 amide bonds. The number of aromatic hydroxyl groups is 1. The summed E-state index contributed by atoms with van der Waals surface area (Å²) < 4.78 is 0. The first-order chi connectivity index (χ1) is 11.1. The van der Waals surface area contributed by atoms with Crippen LogP contribution in [-0.2, 0) is 13.0 Å².